The highest BCUT2D eigenvalue weighted by atomic mass is 16.4. The first kappa shape index (κ1) is 15.9. The third-order valence-electron chi connectivity index (χ3n) is 8.41. The summed E-state index contributed by atoms with van der Waals surface area (Å²) in [4.78, 5) is 24.7. The molecule has 25 heavy (non-hydrogen) atoms. The van der Waals surface area contributed by atoms with Crippen LogP contribution in [-0.2, 0) is 9.59 Å². The van der Waals surface area contributed by atoms with Gasteiger partial charge in [-0.05, 0) is 86.9 Å². The molecule has 1 amide bonds. The zero-order chi connectivity index (χ0) is 17.3. The van der Waals surface area contributed by atoms with E-state index < -0.39 is 11.9 Å². The van der Waals surface area contributed by atoms with E-state index in [1.807, 2.05) is 6.08 Å². The maximum absolute atomic E-state index is 13.0. The maximum atomic E-state index is 13.0. The first-order chi connectivity index (χ1) is 11.9. The summed E-state index contributed by atoms with van der Waals surface area (Å²) in [7, 11) is 0. The highest BCUT2D eigenvalue weighted by Crippen LogP contribution is 2.61. The van der Waals surface area contributed by atoms with Gasteiger partial charge in [0.25, 0.3) is 0 Å². The number of amides is 1. The number of fused-ring (bicyclic) bond motifs is 2. The van der Waals surface area contributed by atoms with Crippen LogP contribution in [0.5, 0.6) is 0 Å². The summed E-state index contributed by atoms with van der Waals surface area (Å²) in [6, 6.07) is 0.172. The highest BCUT2D eigenvalue weighted by Gasteiger charge is 2.55. The normalized spacial score (nSPS) is 50.2. The number of aliphatic carboxylic acids is 1. The van der Waals surface area contributed by atoms with Crippen LogP contribution in [0.2, 0.25) is 0 Å². The lowest BCUT2D eigenvalue weighted by atomic mass is 9.48. The minimum atomic E-state index is -0.806. The summed E-state index contributed by atoms with van der Waals surface area (Å²) in [5.41, 5.74) is 0.274. The van der Waals surface area contributed by atoms with Crippen molar-refractivity contribution in [2.45, 2.75) is 57.9 Å². The Balaban J connectivity index is 1.33. The van der Waals surface area contributed by atoms with E-state index in [-0.39, 0.29) is 35.1 Å². The van der Waals surface area contributed by atoms with E-state index in [2.05, 4.69) is 18.3 Å². The van der Waals surface area contributed by atoms with E-state index >= 15 is 0 Å². The molecule has 6 bridgehead atoms. The van der Waals surface area contributed by atoms with Crippen LogP contribution in [0.1, 0.15) is 51.9 Å². The zero-order valence-electron chi connectivity index (χ0n) is 15.0. The van der Waals surface area contributed by atoms with Gasteiger partial charge in [0.2, 0.25) is 5.91 Å². The van der Waals surface area contributed by atoms with Gasteiger partial charge in [0.05, 0.1) is 11.8 Å². The fourth-order valence-electron chi connectivity index (χ4n) is 7.69. The molecule has 4 nitrogen and oxygen atoms in total. The Hall–Kier alpha value is -1.32. The molecule has 6 aliphatic rings. The number of carboxylic acids is 1. The summed E-state index contributed by atoms with van der Waals surface area (Å²) in [5, 5.41) is 12.9. The highest BCUT2D eigenvalue weighted by molar-refractivity contribution is 5.87. The van der Waals surface area contributed by atoms with Gasteiger partial charge in [-0.2, -0.15) is 0 Å². The molecule has 5 saturated carbocycles. The van der Waals surface area contributed by atoms with Crippen LogP contribution in [0.4, 0.5) is 0 Å². The van der Waals surface area contributed by atoms with Gasteiger partial charge in [-0.15, -0.1) is 0 Å². The van der Waals surface area contributed by atoms with Gasteiger partial charge in [0.15, 0.2) is 0 Å². The van der Waals surface area contributed by atoms with Crippen molar-refractivity contribution in [2.24, 2.45) is 46.8 Å². The lowest BCUT2D eigenvalue weighted by Crippen LogP contribution is -2.57. The van der Waals surface area contributed by atoms with Gasteiger partial charge in [-0.3, -0.25) is 9.59 Å². The molecule has 0 aliphatic heterocycles. The van der Waals surface area contributed by atoms with Crippen molar-refractivity contribution >= 4 is 11.9 Å². The number of rotatable bonds is 4. The fraction of sp³-hybridized carbons (Fsp3) is 0.810. The van der Waals surface area contributed by atoms with Crippen molar-refractivity contribution in [3.63, 3.8) is 0 Å². The second kappa shape index (κ2) is 5.34. The smallest absolute Gasteiger partial charge is 0.307 e. The van der Waals surface area contributed by atoms with E-state index in [1.54, 1.807) is 0 Å². The average Bonchev–Trinajstić information content (AvgIpc) is 3.14. The molecule has 6 rings (SSSR count). The van der Waals surface area contributed by atoms with Crippen LogP contribution in [0.25, 0.3) is 0 Å². The third kappa shape index (κ3) is 2.32. The van der Waals surface area contributed by atoms with E-state index in [0.717, 1.165) is 24.2 Å². The van der Waals surface area contributed by atoms with Gasteiger partial charge in [0, 0.05) is 6.04 Å². The Morgan fingerprint density at radius 2 is 1.48 bits per heavy atom. The molecule has 0 spiro atoms. The number of hydrogen-bond donors (Lipinski definition) is 2. The molecule has 5 atom stereocenters. The third-order valence-corrected chi connectivity index (χ3v) is 8.41. The molecule has 4 heteroatoms. The quantitative estimate of drug-likeness (QED) is 0.770. The lowest BCUT2D eigenvalue weighted by molar-refractivity contribution is -0.148. The molecule has 0 unspecified atom stereocenters. The van der Waals surface area contributed by atoms with Crippen LogP contribution in [0, 0.1) is 46.8 Å². The summed E-state index contributed by atoms with van der Waals surface area (Å²) < 4.78 is 0. The second-order valence-corrected chi connectivity index (χ2v) is 9.85. The van der Waals surface area contributed by atoms with Gasteiger partial charge in [0.1, 0.15) is 0 Å². The molecule has 6 aliphatic carbocycles. The Bertz CT molecular complexity index is 604. The summed E-state index contributed by atoms with van der Waals surface area (Å²) in [6.45, 7) is 2.18. The van der Waals surface area contributed by atoms with Gasteiger partial charge < -0.3 is 10.4 Å². The van der Waals surface area contributed by atoms with Crippen LogP contribution in [0.15, 0.2) is 12.2 Å². The van der Waals surface area contributed by atoms with Crippen molar-refractivity contribution in [3.05, 3.63) is 12.2 Å². The van der Waals surface area contributed by atoms with Gasteiger partial charge in [-0.1, -0.05) is 12.2 Å². The number of nitrogens with one attached hydrogen (secondary N) is 1. The number of carbonyl (C=O) groups is 2. The summed E-state index contributed by atoms with van der Waals surface area (Å²) in [5.74, 6) is 1.05. The molecular weight excluding hydrogens is 314 g/mol. The second-order valence-electron chi connectivity index (χ2n) is 9.85. The molecule has 0 aromatic carbocycles. The Labute approximate surface area is 149 Å². The number of allylic oxidation sites excluding steroid dienone is 2. The Kier molecular flexibility index (Phi) is 3.40. The lowest BCUT2D eigenvalue weighted by Gasteiger charge is -2.59. The van der Waals surface area contributed by atoms with Crippen molar-refractivity contribution in [1.29, 1.82) is 0 Å². The van der Waals surface area contributed by atoms with Crippen LogP contribution < -0.4 is 5.32 Å². The first-order valence-corrected chi connectivity index (χ1v) is 10.2. The van der Waals surface area contributed by atoms with Gasteiger partial charge >= 0.3 is 5.97 Å². The van der Waals surface area contributed by atoms with Crippen LogP contribution >= 0.6 is 0 Å². The number of hydrogen-bond acceptors (Lipinski definition) is 2. The van der Waals surface area contributed by atoms with Crippen molar-refractivity contribution in [2.75, 3.05) is 0 Å². The summed E-state index contributed by atoms with van der Waals surface area (Å²) >= 11 is 0. The van der Waals surface area contributed by atoms with E-state index in [1.165, 1.54) is 38.5 Å². The van der Waals surface area contributed by atoms with E-state index in [9.17, 15) is 14.7 Å². The topological polar surface area (TPSA) is 66.4 Å². The fourth-order valence-corrected chi connectivity index (χ4v) is 7.69. The minimum Gasteiger partial charge on any atom is -0.481 e. The molecule has 136 valence electrons. The molecule has 2 N–H and O–H groups in total. The molecule has 5 fully saturated rings. The predicted molar refractivity (Wildman–Crippen MR) is 93.6 cm³/mol. The maximum Gasteiger partial charge on any atom is 0.307 e. The molecule has 0 radical (unpaired) electrons. The SMILES string of the molecule is C[C@H](NC(=O)[C@@H]1[C@H](C(=O)O)[C@H]2C=C[C@H]1C2)C12CC3CC(CC(C3)C1)C2. The molecule has 0 heterocycles. The summed E-state index contributed by atoms with van der Waals surface area (Å²) in [6.07, 6.45) is 12.9. The van der Waals surface area contributed by atoms with E-state index in [0.29, 0.717) is 0 Å². The number of carbonyl (C=O) groups excluding carboxylic acids is 1. The zero-order valence-corrected chi connectivity index (χ0v) is 15.0. The van der Waals surface area contributed by atoms with Gasteiger partial charge in [-0.25, -0.2) is 0 Å². The molecule has 0 aromatic rings. The van der Waals surface area contributed by atoms with Crippen molar-refractivity contribution in [1.82, 2.24) is 5.32 Å². The largest absolute Gasteiger partial charge is 0.481 e. The predicted octanol–water partition coefficient (Wildman–Crippen LogP) is 3.23. The van der Waals surface area contributed by atoms with Crippen molar-refractivity contribution < 1.29 is 14.7 Å². The minimum absolute atomic E-state index is 0.00695. The Morgan fingerprint density at radius 1 is 0.960 bits per heavy atom. The first-order valence-electron chi connectivity index (χ1n) is 10.2. The van der Waals surface area contributed by atoms with Crippen LogP contribution in [-0.4, -0.2) is 23.0 Å². The standard InChI is InChI=1S/C21H29NO3/c1-11(21-8-12-4-13(9-21)6-14(5-12)10-21)22-19(23)17-15-2-3-16(7-15)18(17)20(24)25/h2-3,11-18H,4-10H2,1H3,(H,22,23)(H,24,25)/t11-,12?,13?,14?,15-,16-,17-,18+,21?/m0/s1. The Morgan fingerprint density at radius 3 is 2.00 bits per heavy atom. The molecule has 0 aromatic heterocycles. The number of carboxylic acid groups (broad SMARTS) is 1. The van der Waals surface area contributed by atoms with Crippen molar-refractivity contribution in [3.8, 4) is 0 Å². The average molecular weight is 343 g/mol. The van der Waals surface area contributed by atoms with E-state index in [4.69, 9.17) is 0 Å². The van der Waals surface area contributed by atoms with Crippen LogP contribution in [0.3, 0.4) is 0 Å². The molecule has 0 saturated heterocycles. The molecular formula is C21H29NO3. The monoisotopic (exact) mass is 343 g/mol.